The summed E-state index contributed by atoms with van der Waals surface area (Å²) in [7, 11) is -3.22. The van der Waals surface area contributed by atoms with E-state index in [1.165, 1.54) is 6.21 Å². The molecule has 0 aromatic carbocycles. The second kappa shape index (κ2) is 18.3. The average Bonchev–Trinajstić information content (AvgIpc) is 3.31. The minimum absolute atomic E-state index is 0.0764. The maximum absolute atomic E-state index is 10.2. The number of primary sulfonamides is 1. The summed E-state index contributed by atoms with van der Waals surface area (Å²) in [5.74, 6) is 7.10. The summed E-state index contributed by atoms with van der Waals surface area (Å²) in [5.41, 5.74) is 2.38. The minimum atomic E-state index is -3.22. The highest BCUT2D eigenvalue weighted by molar-refractivity contribution is 7.89. The summed E-state index contributed by atoms with van der Waals surface area (Å²) >= 11 is 1.70. The highest BCUT2D eigenvalue weighted by atomic mass is 32.2. The van der Waals surface area contributed by atoms with Crippen molar-refractivity contribution in [3.63, 3.8) is 0 Å². The summed E-state index contributed by atoms with van der Waals surface area (Å²) < 4.78 is 27.0. The lowest BCUT2D eigenvalue weighted by molar-refractivity contribution is 0.122. The van der Waals surface area contributed by atoms with Crippen molar-refractivity contribution < 1.29 is 13.2 Å². The molecule has 40 heavy (non-hydrogen) atoms. The number of ether oxygens (including phenoxy) is 1. The zero-order valence-corrected chi connectivity index (χ0v) is 26.0. The quantitative estimate of drug-likeness (QED) is 0.129. The van der Waals surface area contributed by atoms with Gasteiger partial charge in [0.15, 0.2) is 11.6 Å². The predicted molar refractivity (Wildman–Crippen MR) is 173 cm³/mol. The first-order valence-electron chi connectivity index (χ1n) is 13.1. The Kier molecular flexibility index (Phi) is 15.9. The van der Waals surface area contributed by atoms with Gasteiger partial charge in [-0.1, -0.05) is 57.7 Å². The third kappa shape index (κ3) is 12.4. The molecule has 3 rings (SSSR count). The number of hydrogen-bond acceptors (Lipinski definition) is 9. The molecule has 0 spiro atoms. The summed E-state index contributed by atoms with van der Waals surface area (Å²) in [4.78, 5) is 13.2. The standard InChI is InChI=1S/C21H25N5OS.C4H11NO2S.C4H8/c1-4-6-8-17(15(3)14-23-22)20-24-18-13-16(7-5-2)28-19(18)21(25-20)26-9-11-27-12-10-26;1-4(2)3-8(5,6)7;1-3-4-2/h4-8,13-14H,3,9-12,22H2,1-2H3;4H,3H2,1-2H3,(H2,5,6,7);3H,1,4H2,2H3/b6-4-,7-5+,17-8+,23-14-;;. The smallest absolute Gasteiger partial charge is 0.209 e. The largest absolute Gasteiger partial charge is 0.378 e. The molecule has 11 heteroatoms. The molecular weight excluding hydrogens is 544 g/mol. The summed E-state index contributed by atoms with van der Waals surface area (Å²) in [6.07, 6.45) is 14.4. The Labute approximate surface area is 243 Å². The minimum Gasteiger partial charge on any atom is -0.378 e. The molecule has 2 aromatic rings. The molecular formula is C29H44N6O3S2. The number of aromatic nitrogens is 2. The maximum atomic E-state index is 10.2. The third-order valence-electron chi connectivity index (χ3n) is 5.14. The molecule has 220 valence electrons. The van der Waals surface area contributed by atoms with Gasteiger partial charge >= 0.3 is 0 Å². The van der Waals surface area contributed by atoms with Gasteiger partial charge in [0.25, 0.3) is 0 Å². The van der Waals surface area contributed by atoms with E-state index < -0.39 is 10.0 Å². The number of rotatable bonds is 9. The topological polar surface area (TPSA) is 137 Å². The van der Waals surface area contributed by atoms with Crippen molar-refractivity contribution in [2.45, 2.75) is 41.0 Å². The molecule has 3 heterocycles. The van der Waals surface area contributed by atoms with Crippen LogP contribution in [0.2, 0.25) is 0 Å². The Balaban J connectivity index is 0.000000560. The van der Waals surface area contributed by atoms with Crippen molar-refractivity contribution in [2.24, 2.45) is 22.0 Å². The van der Waals surface area contributed by atoms with Gasteiger partial charge < -0.3 is 15.5 Å². The van der Waals surface area contributed by atoms with Gasteiger partial charge in [0.1, 0.15) is 0 Å². The Morgan fingerprint density at radius 3 is 2.38 bits per heavy atom. The van der Waals surface area contributed by atoms with E-state index in [9.17, 15) is 8.42 Å². The fourth-order valence-corrected chi connectivity index (χ4v) is 5.45. The molecule has 2 aromatic heterocycles. The zero-order valence-electron chi connectivity index (χ0n) is 24.3. The van der Waals surface area contributed by atoms with Crippen LogP contribution in [0.3, 0.4) is 0 Å². The van der Waals surface area contributed by atoms with Gasteiger partial charge in [-0.25, -0.2) is 23.5 Å². The third-order valence-corrected chi connectivity index (χ3v) is 7.36. The van der Waals surface area contributed by atoms with Crippen LogP contribution in [0.25, 0.3) is 21.9 Å². The van der Waals surface area contributed by atoms with Crippen LogP contribution in [0, 0.1) is 5.92 Å². The Hall–Kier alpha value is -3.12. The number of morpholine rings is 1. The molecule has 0 atom stereocenters. The number of sulfonamides is 1. The first kappa shape index (κ1) is 34.9. The molecule has 1 aliphatic heterocycles. The van der Waals surface area contributed by atoms with Crippen molar-refractivity contribution in [2.75, 3.05) is 37.0 Å². The van der Waals surface area contributed by atoms with Gasteiger partial charge in [-0.2, -0.15) is 5.10 Å². The van der Waals surface area contributed by atoms with Crippen LogP contribution in [0.5, 0.6) is 0 Å². The van der Waals surface area contributed by atoms with E-state index in [-0.39, 0.29) is 11.7 Å². The number of nitrogens with zero attached hydrogens (tertiary/aromatic N) is 4. The van der Waals surface area contributed by atoms with Gasteiger partial charge in [-0.15, -0.1) is 17.9 Å². The molecule has 0 bridgehead atoms. The van der Waals surface area contributed by atoms with E-state index in [1.54, 1.807) is 11.3 Å². The van der Waals surface area contributed by atoms with Crippen molar-refractivity contribution in [1.29, 1.82) is 0 Å². The van der Waals surface area contributed by atoms with Gasteiger partial charge in [-0.3, -0.25) is 0 Å². The lowest BCUT2D eigenvalue weighted by Crippen LogP contribution is -2.37. The molecule has 1 aliphatic rings. The normalized spacial score (nSPS) is 14.5. The Morgan fingerprint density at radius 2 is 1.90 bits per heavy atom. The molecule has 0 radical (unpaired) electrons. The van der Waals surface area contributed by atoms with Crippen LogP contribution < -0.4 is 15.9 Å². The first-order chi connectivity index (χ1) is 19.0. The van der Waals surface area contributed by atoms with E-state index in [0.717, 1.165) is 46.0 Å². The molecule has 0 aliphatic carbocycles. The lowest BCUT2D eigenvalue weighted by Gasteiger charge is -2.28. The number of fused-ring (bicyclic) bond motifs is 1. The van der Waals surface area contributed by atoms with E-state index >= 15 is 0 Å². The maximum Gasteiger partial charge on any atom is 0.209 e. The van der Waals surface area contributed by atoms with E-state index in [1.807, 2.05) is 58.1 Å². The second-order valence-electron chi connectivity index (χ2n) is 9.16. The van der Waals surface area contributed by atoms with Gasteiger partial charge in [-0.05, 0) is 43.9 Å². The number of hydrogen-bond donors (Lipinski definition) is 2. The summed E-state index contributed by atoms with van der Waals surface area (Å²) in [5, 5.41) is 8.32. The summed E-state index contributed by atoms with van der Waals surface area (Å²) in [6, 6.07) is 2.10. The molecule has 1 fully saturated rings. The number of anilines is 1. The van der Waals surface area contributed by atoms with Crippen LogP contribution in [-0.4, -0.2) is 56.7 Å². The predicted octanol–water partition coefficient (Wildman–Crippen LogP) is 5.53. The van der Waals surface area contributed by atoms with Crippen LogP contribution in [-0.2, 0) is 14.8 Å². The van der Waals surface area contributed by atoms with E-state index in [4.69, 9.17) is 25.7 Å². The van der Waals surface area contributed by atoms with Crippen LogP contribution in [0.1, 0.15) is 51.7 Å². The fourth-order valence-electron chi connectivity index (χ4n) is 3.43. The van der Waals surface area contributed by atoms with Crippen LogP contribution in [0.15, 0.2) is 60.3 Å². The van der Waals surface area contributed by atoms with Crippen molar-refractivity contribution in [3.05, 3.63) is 65.9 Å². The van der Waals surface area contributed by atoms with Gasteiger partial charge in [0, 0.05) is 23.5 Å². The zero-order chi connectivity index (χ0) is 30.1. The van der Waals surface area contributed by atoms with Crippen molar-refractivity contribution >= 4 is 55.3 Å². The number of allylic oxidation sites excluding steroid dienone is 7. The van der Waals surface area contributed by atoms with Gasteiger partial charge in [0.05, 0.1) is 35.4 Å². The monoisotopic (exact) mass is 588 g/mol. The highest BCUT2D eigenvalue weighted by Gasteiger charge is 2.21. The molecule has 1 saturated heterocycles. The number of thiophene rings is 1. The number of nitrogens with two attached hydrogens (primary N) is 2. The molecule has 0 unspecified atom stereocenters. The molecule has 0 amide bonds. The molecule has 9 nitrogen and oxygen atoms in total. The highest BCUT2D eigenvalue weighted by Crippen LogP contribution is 2.35. The van der Waals surface area contributed by atoms with Crippen LogP contribution >= 0.6 is 11.3 Å². The first-order valence-corrected chi connectivity index (χ1v) is 15.7. The van der Waals surface area contributed by atoms with Gasteiger partial charge in [0.2, 0.25) is 10.0 Å². The van der Waals surface area contributed by atoms with Crippen molar-refractivity contribution in [3.8, 4) is 0 Å². The summed E-state index contributed by atoms with van der Waals surface area (Å²) in [6.45, 7) is 20.2. The average molecular weight is 589 g/mol. The van der Waals surface area contributed by atoms with E-state index in [0.29, 0.717) is 24.6 Å². The van der Waals surface area contributed by atoms with Crippen molar-refractivity contribution in [1.82, 2.24) is 9.97 Å². The Morgan fingerprint density at radius 1 is 1.25 bits per heavy atom. The SMILES string of the molecule is C=C(/C=N\N)/C(=C\C=C/C)c1nc(N2CCOCC2)c2sc(/C=C/C)cc2n1.C=CCC.CC(C)CS(N)(=O)=O. The lowest BCUT2D eigenvalue weighted by atomic mass is 10.1. The van der Waals surface area contributed by atoms with E-state index in [2.05, 4.69) is 42.2 Å². The molecule has 4 N–H and O–H groups in total. The van der Waals surface area contributed by atoms with Crippen LogP contribution in [0.4, 0.5) is 5.82 Å². The fraction of sp³-hybridized carbons (Fsp3) is 0.414. The second-order valence-corrected chi connectivity index (χ2v) is 11.9. The molecule has 0 saturated carbocycles. The Bertz CT molecular complexity index is 1320. The number of hydrazone groups is 1.